The van der Waals surface area contributed by atoms with Crippen molar-refractivity contribution in [2.45, 2.75) is 44.8 Å². The van der Waals surface area contributed by atoms with Crippen LogP contribution in [0.4, 0.5) is 5.69 Å². The van der Waals surface area contributed by atoms with E-state index in [2.05, 4.69) is 32.1 Å². The van der Waals surface area contributed by atoms with E-state index in [1.807, 2.05) is 25.2 Å². The minimum Gasteiger partial charge on any atom is -0.494 e. The summed E-state index contributed by atoms with van der Waals surface area (Å²) in [6, 6.07) is 5.80. The molecule has 0 bridgehead atoms. The SMILES string of the molecule is C=c1c(=O)[nH]c2n1Cc1cc(OCCCCCCC(=O)NC3CNCCN3C)ccc1N=2. The number of hydrogen-bond donors (Lipinski definition) is 3. The molecule has 1 atom stereocenters. The minimum absolute atomic E-state index is 0.0961. The highest BCUT2D eigenvalue weighted by Crippen LogP contribution is 2.26. The molecule has 172 valence electrons. The zero-order valence-electron chi connectivity index (χ0n) is 18.7. The topological polar surface area (TPSA) is 104 Å². The molecule has 9 nitrogen and oxygen atoms in total. The average molecular weight is 441 g/mol. The number of piperazine rings is 1. The molecule has 1 aromatic carbocycles. The van der Waals surface area contributed by atoms with Crippen molar-refractivity contribution in [3.63, 3.8) is 0 Å². The number of rotatable bonds is 9. The number of H-pyrrole nitrogens is 1. The van der Waals surface area contributed by atoms with Crippen LogP contribution in [-0.4, -0.2) is 59.8 Å². The molecule has 2 aromatic rings. The molecule has 32 heavy (non-hydrogen) atoms. The molecule has 0 spiro atoms. The Morgan fingerprint density at radius 2 is 2.16 bits per heavy atom. The van der Waals surface area contributed by atoms with Crippen LogP contribution in [0.2, 0.25) is 0 Å². The molecule has 0 aliphatic carbocycles. The monoisotopic (exact) mass is 440 g/mol. The van der Waals surface area contributed by atoms with E-state index >= 15 is 0 Å². The molecule has 0 saturated carbocycles. The van der Waals surface area contributed by atoms with Crippen LogP contribution in [0.5, 0.6) is 5.75 Å². The van der Waals surface area contributed by atoms with Gasteiger partial charge >= 0.3 is 0 Å². The predicted octanol–water partition coefficient (Wildman–Crippen LogP) is 0.206. The van der Waals surface area contributed by atoms with Gasteiger partial charge in [-0.3, -0.25) is 19.5 Å². The zero-order valence-corrected chi connectivity index (χ0v) is 18.7. The van der Waals surface area contributed by atoms with Crippen molar-refractivity contribution < 1.29 is 9.53 Å². The van der Waals surface area contributed by atoms with Gasteiger partial charge in [0.05, 0.1) is 25.0 Å². The summed E-state index contributed by atoms with van der Waals surface area (Å²) in [4.78, 5) is 33.3. The molecule has 2 aliphatic rings. The smallest absolute Gasteiger partial charge is 0.274 e. The van der Waals surface area contributed by atoms with Gasteiger partial charge in [-0.25, -0.2) is 4.99 Å². The zero-order chi connectivity index (χ0) is 22.5. The highest BCUT2D eigenvalue weighted by atomic mass is 16.5. The fraction of sp³-hybridized carbons (Fsp3) is 0.522. The molecule has 1 fully saturated rings. The van der Waals surface area contributed by atoms with Crippen LogP contribution in [0.1, 0.15) is 37.7 Å². The summed E-state index contributed by atoms with van der Waals surface area (Å²) in [6.45, 7) is 7.73. The van der Waals surface area contributed by atoms with E-state index < -0.39 is 0 Å². The second kappa shape index (κ2) is 10.1. The molecule has 2 aliphatic heterocycles. The number of aromatic amines is 1. The van der Waals surface area contributed by atoms with Crippen LogP contribution in [0.15, 0.2) is 28.0 Å². The Hall–Kier alpha value is -2.91. The van der Waals surface area contributed by atoms with Crippen LogP contribution in [0, 0.1) is 0 Å². The Morgan fingerprint density at radius 1 is 1.31 bits per heavy atom. The Bertz CT molecular complexity index is 1120. The first-order chi connectivity index (χ1) is 15.5. The quantitative estimate of drug-likeness (QED) is 0.413. The lowest BCUT2D eigenvalue weighted by Gasteiger charge is -2.33. The number of unbranched alkanes of at least 4 members (excludes halogenated alkanes) is 3. The van der Waals surface area contributed by atoms with Crippen molar-refractivity contribution in [2.75, 3.05) is 33.3 Å². The minimum atomic E-state index is -0.205. The molecular weight excluding hydrogens is 408 g/mol. The van der Waals surface area contributed by atoms with Crippen LogP contribution < -0.4 is 31.9 Å². The molecule has 3 N–H and O–H groups in total. The molecular formula is C23H32N6O3. The molecule has 1 saturated heterocycles. The molecule has 3 heterocycles. The van der Waals surface area contributed by atoms with E-state index in [1.165, 1.54) is 0 Å². The van der Waals surface area contributed by atoms with Gasteiger partial charge in [0, 0.05) is 31.6 Å². The highest BCUT2D eigenvalue weighted by Gasteiger charge is 2.19. The Labute approximate surface area is 187 Å². The first kappa shape index (κ1) is 22.3. The predicted molar refractivity (Wildman–Crippen MR) is 123 cm³/mol. The molecule has 1 amide bonds. The summed E-state index contributed by atoms with van der Waals surface area (Å²) in [7, 11) is 2.04. The summed E-state index contributed by atoms with van der Waals surface area (Å²) in [6.07, 6.45) is 4.53. The Kier molecular flexibility index (Phi) is 7.06. The van der Waals surface area contributed by atoms with Crippen molar-refractivity contribution in [1.29, 1.82) is 0 Å². The van der Waals surface area contributed by atoms with Gasteiger partial charge in [0.1, 0.15) is 11.1 Å². The largest absolute Gasteiger partial charge is 0.494 e. The molecule has 1 unspecified atom stereocenters. The number of nitrogens with one attached hydrogen (secondary N) is 3. The number of benzene rings is 1. The molecule has 4 rings (SSSR count). The summed E-state index contributed by atoms with van der Waals surface area (Å²) >= 11 is 0. The van der Waals surface area contributed by atoms with Gasteiger partial charge in [0.25, 0.3) is 5.56 Å². The van der Waals surface area contributed by atoms with Gasteiger partial charge in [-0.1, -0.05) is 19.4 Å². The molecule has 1 aromatic heterocycles. The lowest BCUT2D eigenvalue weighted by molar-refractivity contribution is -0.123. The third-order valence-electron chi connectivity index (χ3n) is 6.08. The standard InChI is InChI=1S/C23H32N6O3/c1-16-22(31)27-23-25-19-9-8-18(13-17(19)15-29(16)23)32-12-6-4-3-5-7-21(30)26-20-14-24-10-11-28(20)2/h8-9,13,20,24H,1,3-7,10-12,14-15H2,2H3,(H,26,30)(H,25,27,31). The summed E-state index contributed by atoms with van der Waals surface area (Å²) in [5.41, 5.74) is 2.18. The van der Waals surface area contributed by atoms with E-state index in [9.17, 15) is 9.59 Å². The van der Waals surface area contributed by atoms with Gasteiger partial charge < -0.3 is 19.9 Å². The number of ether oxygens (including phenoxy) is 1. The van der Waals surface area contributed by atoms with Crippen LogP contribution in [0.3, 0.4) is 0 Å². The first-order valence-electron chi connectivity index (χ1n) is 11.3. The lowest BCUT2D eigenvalue weighted by Crippen LogP contribution is -2.57. The maximum absolute atomic E-state index is 12.1. The number of carbonyl (C=O) groups is 1. The van der Waals surface area contributed by atoms with E-state index in [4.69, 9.17) is 4.74 Å². The van der Waals surface area contributed by atoms with Gasteiger partial charge in [-0.05, 0) is 38.1 Å². The number of carbonyl (C=O) groups excluding carboxylic acids is 1. The number of imidazole rings is 1. The van der Waals surface area contributed by atoms with E-state index in [1.54, 1.807) is 4.57 Å². The Morgan fingerprint density at radius 3 is 3.00 bits per heavy atom. The summed E-state index contributed by atoms with van der Waals surface area (Å²) in [5, 5.41) is 6.81. The number of fused-ring (bicyclic) bond motifs is 2. The van der Waals surface area contributed by atoms with Crippen LogP contribution in [0.25, 0.3) is 6.58 Å². The van der Waals surface area contributed by atoms with Gasteiger partial charge in [0.15, 0.2) is 0 Å². The number of amides is 1. The Balaban J connectivity index is 1.14. The number of nitrogens with zero attached hydrogens (tertiary/aromatic N) is 3. The van der Waals surface area contributed by atoms with Gasteiger partial charge in [-0.15, -0.1) is 0 Å². The normalized spacial score (nSPS) is 17.8. The second-order valence-corrected chi connectivity index (χ2v) is 8.49. The van der Waals surface area contributed by atoms with E-state index in [0.717, 1.165) is 62.3 Å². The summed E-state index contributed by atoms with van der Waals surface area (Å²) in [5.74, 6) is 0.926. The van der Waals surface area contributed by atoms with Crippen molar-refractivity contribution in [1.82, 2.24) is 25.1 Å². The number of aromatic nitrogens is 2. The van der Waals surface area contributed by atoms with Gasteiger partial charge in [-0.2, -0.15) is 0 Å². The second-order valence-electron chi connectivity index (χ2n) is 8.49. The first-order valence-corrected chi connectivity index (χ1v) is 11.3. The van der Waals surface area contributed by atoms with E-state index in [-0.39, 0.29) is 17.6 Å². The van der Waals surface area contributed by atoms with Crippen molar-refractivity contribution in [3.05, 3.63) is 45.1 Å². The number of likely N-dealkylation sites (N-methyl/N-ethyl adjacent to an activating group) is 1. The van der Waals surface area contributed by atoms with Gasteiger partial charge in [0.2, 0.25) is 11.5 Å². The fourth-order valence-corrected chi connectivity index (χ4v) is 4.08. The highest BCUT2D eigenvalue weighted by molar-refractivity contribution is 5.76. The average Bonchev–Trinajstić information content (AvgIpc) is 3.06. The van der Waals surface area contributed by atoms with Crippen molar-refractivity contribution in [3.8, 4) is 5.75 Å². The van der Waals surface area contributed by atoms with Crippen molar-refractivity contribution >= 4 is 18.2 Å². The third kappa shape index (κ3) is 5.28. The molecule has 0 radical (unpaired) electrons. The number of hydrogen-bond acceptors (Lipinski definition) is 6. The van der Waals surface area contributed by atoms with Crippen molar-refractivity contribution in [2.24, 2.45) is 4.99 Å². The third-order valence-corrected chi connectivity index (χ3v) is 6.08. The maximum atomic E-state index is 12.1. The van der Waals surface area contributed by atoms with Crippen LogP contribution in [-0.2, 0) is 11.3 Å². The van der Waals surface area contributed by atoms with E-state index in [0.29, 0.717) is 30.5 Å². The molecule has 9 heteroatoms. The van der Waals surface area contributed by atoms with Crippen LogP contribution >= 0.6 is 0 Å². The maximum Gasteiger partial charge on any atom is 0.274 e. The fourth-order valence-electron chi connectivity index (χ4n) is 4.08. The summed E-state index contributed by atoms with van der Waals surface area (Å²) < 4.78 is 7.69. The lowest BCUT2D eigenvalue weighted by atomic mass is 10.1.